The summed E-state index contributed by atoms with van der Waals surface area (Å²) in [4.78, 5) is 11.8. The number of halogens is 1. The summed E-state index contributed by atoms with van der Waals surface area (Å²) in [6.45, 7) is 3.75. The normalized spacial score (nSPS) is 13.8. The van der Waals surface area contributed by atoms with E-state index in [-0.39, 0.29) is 0 Å². The van der Waals surface area contributed by atoms with Gasteiger partial charge in [-0.1, -0.05) is 53.6 Å². The predicted octanol–water partition coefficient (Wildman–Crippen LogP) is 4.23. The van der Waals surface area contributed by atoms with Crippen molar-refractivity contribution in [1.29, 1.82) is 0 Å². The monoisotopic (exact) mass is 288 g/mol. The molecule has 0 spiro atoms. The highest BCUT2D eigenvalue weighted by atomic mass is 35.5. The van der Waals surface area contributed by atoms with E-state index >= 15 is 0 Å². The fourth-order valence-electron chi connectivity index (χ4n) is 2.23. The quantitative estimate of drug-likeness (QED) is 0.914. The van der Waals surface area contributed by atoms with Crippen LogP contribution in [0.15, 0.2) is 48.5 Å². The molecule has 2 aromatic carbocycles. The Morgan fingerprint density at radius 3 is 2.15 bits per heavy atom. The second-order valence-electron chi connectivity index (χ2n) is 5.31. The van der Waals surface area contributed by atoms with Crippen molar-refractivity contribution in [2.75, 3.05) is 0 Å². The fourth-order valence-corrected chi connectivity index (χ4v) is 2.36. The molecule has 0 saturated carbocycles. The zero-order chi connectivity index (χ0) is 14.8. The van der Waals surface area contributed by atoms with Gasteiger partial charge in [-0.2, -0.15) is 0 Å². The first-order valence-corrected chi connectivity index (χ1v) is 6.84. The van der Waals surface area contributed by atoms with Crippen LogP contribution in [0.2, 0.25) is 5.02 Å². The number of carboxylic acids is 1. The lowest BCUT2D eigenvalue weighted by Crippen LogP contribution is -2.34. The average Bonchev–Trinajstić information content (AvgIpc) is 2.42. The van der Waals surface area contributed by atoms with E-state index in [9.17, 15) is 9.90 Å². The maximum Gasteiger partial charge on any atom is 0.314 e. The molecule has 1 atom stereocenters. The zero-order valence-corrected chi connectivity index (χ0v) is 12.3. The molecule has 2 rings (SSSR count). The summed E-state index contributed by atoms with van der Waals surface area (Å²) in [6, 6.07) is 15.0. The minimum absolute atomic E-state index is 0.433. The molecule has 1 N–H and O–H groups in total. The smallest absolute Gasteiger partial charge is 0.314 e. The highest BCUT2D eigenvalue weighted by molar-refractivity contribution is 6.30. The molecule has 0 fully saturated rings. The van der Waals surface area contributed by atoms with Gasteiger partial charge in [0.15, 0.2) is 0 Å². The first-order valence-electron chi connectivity index (χ1n) is 6.47. The fraction of sp³-hybridized carbons (Fsp3) is 0.235. The summed E-state index contributed by atoms with van der Waals surface area (Å²) < 4.78 is 0. The molecular formula is C17H17ClO2. The van der Waals surface area contributed by atoms with Gasteiger partial charge in [0.05, 0.1) is 5.41 Å². The lowest BCUT2D eigenvalue weighted by molar-refractivity contribution is -0.143. The summed E-state index contributed by atoms with van der Waals surface area (Å²) in [5.41, 5.74) is 1.94. The minimum Gasteiger partial charge on any atom is -0.481 e. The van der Waals surface area contributed by atoms with Crippen LogP contribution in [0.5, 0.6) is 0 Å². The Morgan fingerprint density at radius 2 is 1.65 bits per heavy atom. The maximum atomic E-state index is 11.8. The standard InChI is InChI=1S/C17H17ClO2/c1-12-3-7-14(8-4-12)17(2,16(19)20)11-13-5-9-15(18)10-6-13/h3-10H,11H2,1-2H3,(H,19,20). The van der Waals surface area contributed by atoms with E-state index in [2.05, 4.69) is 0 Å². The summed E-state index contributed by atoms with van der Waals surface area (Å²) in [6.07, 6.45) is 0.433. The third-order valence-electron chi connectivity index (χ3n) is 3.63. The number of benzene rings is 2. The van der Waals surface area contributed by atoms with Crippen LogP contribution < -0.4 is 0 Å². The van der Waals surface area contributed by atoms with E-state index in [4.69, 9.17) is 11.6 Å². The number of carbonyl (C=O) groups is 1. The second kappa shape index (κ2) is 5.68. The van der Waals surface area contributed by atoms with Crippen LogP contribution in [0.25, 0.3) is 0 Å². The molecule has 2 nitrogen and oxygen atoms in total. The van der Waals surface area contributed by atoms with Crippen molar-refractivity contribution in [3.8, 4) is 0 Å². The summed E-state index contributed by atoms with van der Waals surface area (Å²) in [5, 5.41) is 10.3. The van der Waals surface area contributed by atoms with Crippen LogP contribution in [0.4, 0.5) is 0 Å². The van der Waals surface area contributed by atoms with E-state index in [1.54, 1.807) is 19.1 Å². The zero-order valence-electron chi connectivity index (χ0n) is 11.6. The molecule has 104 valence electrons. The molecule has 0 aliphatic heterocycles. The van der Waals surface area contributed by atoms with Crippen molar-refractivity contribution in [3.05, 3.63) is 70.2 Å². The van der Waals surface area contributed by atoms with Crippen molar-refractivity contribution < 1.29 is 9.90 Å². The van der Waals surface area contributed by atoms with Crippen molar-refractivity contribution in [2.24, 2.45) is 0 Å². The Hall–Kier alpha value is -1.80. The lowest BCUT2D eigenvalue weighted by Gasteiger charge is -2.25. The van der Waals surface area contributed by atoms with Gasteiger partial charge in [0.25, 0.3) is 0 Å². The predicted molar refractivity (Wildman–Crippen MR) is 81.3 cm³/mol. The van der Waals surface area contributed by atoms with Gasteiger partial charge in [-0.15, -0.1) is 0 Å². The van der Waals surface area contributed by atoms with Crippen LogP contribution in [-0.2, 0) is 16.6 Å². The van der Waals surface area contributed by atoms with Gasteiger partial charge in [-0.05, 0) is 43.5 Å². The molecule has 0 aliphatic rings. The van der Waals surface area contributed by atoms with Crippen molar-refractivity contribution in [1.82, 2.24) is 0 Å². The molecule has 20 heavy (non-hydrogen) atoms. The summed E-state index contributed by atoms with van der Waals surface area (Å²) in [7, 11) is 0. The Kier molecular flexibility index (Phi) is 4.15. The van der Waals surface area contributed by atoms with E-state index in [1.807, 2.05) is 43.3 Å². The molecular weight excluding hydrogens is 272 g/mol. The van der Waals surface area contributed by atoms with Crippen LogP contribution in [0.3, 0.4) is 0 Å². The minimum atomic E-state index is -0.943. The van der Waals surface area contributed by atoms with Gasteiger partial charge in [0.2, 0.25) is 0 Å². The molecule has 3 heteroatoms. The van der Waals surface area contributed by atoms with Gasteiger partial charge in [0, 0.05) is 5.02 Å². The van der Waals surface area contributed by atoms with Crippen molar-refractivity contribution in [3.63, 3.8) is 0 Å². The van der Waals surface area contributed by atoms with Crippen LogP contribution >= 0.6 is 11.6 Å². The van der Waals surface area contributed by atoms with Gasteiger partial charge >= 0.3 is 5.97 Å². The van der Waals surface area contributed by atoms with Gasteiger partial charge in [-0.25, -0.2) is 0 Å². The molecule has 0 bridgehead atoms. The average molecular weight is 289 g/mol. The number of hydrogen-bond acceptors (Lipinski definition) is 1. The van der Waals surface area contributed by atoms with Crippen LogP contribution in [0, 0.1) is 6.92 Å². The Morgan fingerprint density at radius 1 is 1.10 bits per heavy atom. The Bertz CT molecular complexity index is 602. The second-order valence-corrected chi connectivity index (χ2v) is 5.74. The summed E-state index contributed by atoms with van der Waals surface area (Å²) in [5.74, 6) is -0.823. The molecule has 2 aromatic rings. The number of rotatable bonds is 4. The molecule has 0 heterocycles. The lowest BCUT2D eigenvalue weighted by atomic mass is 9.77. The largest absolute Gasteiger partial charge is 0.481 e. The van der Waals surface area contributed by atoms with Crippen LogP contribution in [0.1, 0.15) is 23.6 Å². The third kappa shape index (κ3) is 3.02. The van der Waals surface area contributed by atoms with Gasteiger partial charge in [0.1, 0.15) is 0 Å². The van der Waals surface area contributed by atoms with E-state index in [0.717, 1.165) is 16.7 Å². The topological polar surface area (TPSA) is 37.3 Å². The number of hydrogen-bond donors (Lipinski definition) is 1. The third-order valence-corrected chi connectivity index (χ3v) is 3.88. The number of aliphatic carboxylic acids is 1. The first kappa shape index (κ1) is 14.6. The molecule has 0 aliphatic carbocycles. The maximum absolute atomic E-state index is 11.8. The molecule has 0 radical (unpaired) electrons. The van der Waals surface area contributed by atoms with Gasteiger partial charge in [-0.3, -0.25) is 4.79 Å². The van der Waals surface area contributed by atoms with Crippen molar-refractivity contribution in [2.45, 2.75) is 25.7 Å². The molecule has 1 unspecified atom stereocenters. The molecule has 0 amide bonds. The highest BCUT2D eigenvalue weighted by Crippen LogP contribution is 2.29. The number of carboxylic acid groups (broad SMARTS) is 1. The summed E-state index contributed by atoms with van der Waals surface area (Å²) >= 11 is 5.86. The Labute approximate surface area is 124 Å². The SMILES string of the molecule is Cc1ccc(C(C)(Cc2ccc(Cl)cc2)C(=O)O)cc1. The molecule has 0 aromatic heterocycles. The first-order chi connectivity index (χ1) is 9.41. The highest BCUT2D eigenvalue weighted by Gasteiger charge is 2.35. The van der Waals surface area contributed by atoms with E-state index in [0.29, 0.717) is 11.4 Å². The van der Waals surface area contributed by atoms with E-state index < -0.39 is 11.4 Å². The van der Waals surface area contributed by atoms with E-state index in [1.165, 1.54) is 0 Å². The van der Waals surface area contributed by atoms with Gasteiger partial charge < -0.3 is 5.11 Å². The Balaban J connectivity index is 2.37. The number of aryl methyl sites for hydroxylation is 1. The molecule has 0 saturated heterocycles. The van der Waals surface area contributed by atoms with Crippen molar-refractivity contribution >= 4 is 17.6 Å². The van der Waals surface area contributed by atoms with Crippen LogP contribution in [-0.4, -0.2) is 11.1 Å².